The van der Waals surface area contributed by atoms with Gasteiger partial charge in [0.15, 0.2) is 0 Å². The Labute approximate surface area is 108 Å². The fourth-order valence-electron chi connectivity index (χ4n) is 2.36. The maximum absolute atomic E-state index is 11.5. The van der Waals surface area contributed by atoms with Gasteiger partial charge in [-0.2, -0.15) is 0 Å². The van der Waals surface area contributed by atoms with E-state index in [4.69, 9.17) is 14.5 Å². The maximum atomic E-state index is 11.5. The van der Waals surface area contributed by atoms with Crippen molar-refractivity contribution in [2.75, 3.05) is 19.8 Å². The van der Waals surface area contributed by atoms with Crippen LogP contribution in [-0.4, -0.2) is 36.5 Å². The Morgan fingerprint density at radius 1 is 1.28 bits per heavy atom. The van der Waals surface area contributed by atoms with Crippen LogP contribution in [0.25, 0.3) is 0 Å². The van der Waals surface area contributed by atoms with Crippen molar-refractivity contribution in [2.45, 2.75) is 52.1 Å². The molecule has 106 valence electrons. The van der Waals surface area contributed by atoms with Crippen LogP contribution in [0.2, 0.25) is 0 Å². The molecule has 0 aromatic heterocycles. The molecule has 1 aliphatic rings. The average molecular weight is 260 g/mol. The summed E-state index contributed by atoms with van der Waals surface area (Å²) in [4.78, 5) is 21.5. The van der Waals surface area contributed by atoms with Gasteiger partial charge in [0.25, 0.3) is 0 Å². The van der Waals surface area contributed by atoms with E-state index in [1.165, 1.54) is 0 Å². The molecule has 1 saturated carbocycles. The minimum atomic E-state index is -1.12. The summed E-state index contributed by atoms with van der Waals surface area (Å²) in [5.74, 6) is -0.370. The molecule has 0 radical (unpaired) electrons. The summed E-state index contributed by atoms with van der Waals surface area (Å²) < 4.78 is 4.90. The second-order valence-electron chi connectivity index (χ2n) is 5.06. The molecule has 0 aliphatic heterocycles. The van der Waals surface area contributed by atoms with Gasteiger partial charge in [-0.25, -0.2) is 9.78 Å². The second-order valence-corrected chi connectivity index (χ2v) is 5.06. The van der Waals surface area contributed by atoms with Crippen LogP contribution in [0.15, 0.2) is 0 Å². The summed E-state index contributed by atoms with van der Waals surface area (Å²) in [7, 11) is 0. The third-order valence-electron chi connectivity index (χ3n) is 3.78. The number of esters is 1. The molecule has 0 heterocycles. The number of carbonyl (C=O) groups excluding carboxylic acids is 1. The van der Waals surface area contributed by atoms with Crippen molar-refractivity contribution in [1.29, 1.82) is 0 Å². The third-order valence-corrected chi connectivity index (χ3v) is 3.78. The summed E-state index contributed by atoms with van der Waals surface area (Å²) in [6.45, 7) is 6.38. The van der Waals surface area contributed by atoms with Gasteiger partial charge in [-0.1, -0.05) is 6.42 Å². The van der Waals surface area contributed by atoms with Gasteiger partial charge in [0.1, 0.15) is 0 Å². The topological polar surface area (TPSA) is 65.0 Å². The van der Waals surface area contributed by atoms with Crippen molar-refractivity contribution >= 4 is 5.97 Å². The Hall–Kier alpha value is -0.650. The predicted octanol–water partition coefficient (Wildman–Crippen LogP) is 1.83. The fourth-order valence-corrected chi connectivity index (χ4v) is 2.36. The number of rotatable bonds is 8. The monoisotopic (exact) mass is 260 g/mol. The summed E-state index contributed by atoms with van der Waals surface area (Å²) in [5, 5.41) is 10.5. The molecule has 1 atom stereocenters. The van der Waals surface area contributed by atoms with E-state index in [2.05, 4.69) is 0 Å². The van der Waals surface area contributed by atoms with Gasteiger partial charge in [0.05, 0.1) is 31.8 Å². The van der Waals surface area contributed by atoms with Crippen LogP contribution in [0.1, 0.15) is 46.5 Å². The highest BCUT2D eigenvalue weighted by atomic mass is 17.2. The first kappa shape index (κ1) is 15.4. The van der Waals surface area contributed by atoms with E-state index < -0.39 is 11.0 Å². The molecule has 0 bridgehead atoms. The van der Waals surface area contributed by atoms with Crippen LogP contribution in [0.3, 0.4) is 0 Å². The van der Waals surface area contributed by atoms with Crippen LogP contribution < -0.4 is 0 Å². The first-order valence-corrected chi connectivity index (χ1v) is 6.60. The van der Waals surface area contributed by atoms with Crippen LogP contribution >= 0.6 is 0 Å². The smallest absolute Gasteiger partial charge is 0.308 e. The van der Waals surface area contributed by atoms with E-state index in [0.717, 1.165) is 19.3 Å². The molecule has 5 heteroatoms. The van der Waals surface area contributed by atoms with Gasteiger partial charge in [-0.15, -0.1) is 0 Å². The lowest BCUT2D eigenvalue weighted by atomic mass is 9.58. The molecule has 1 N–H and O–H groups in total. The van der Waals surface area contributed by atoms with Crippen molar-refractivity contribution < 1.29 is 24.4 Å². The van der Waals surface area contributed by atoms with E-state index >= 15 is 0 Å². The Kier molecular flexibility index (Phi) is 5.56. The molecule has 1 fully saturated rings. The van der Waals surface area contributed by atoms with E-state index in [-0.39, 0.29) is 12.4 Å². The van der Waals surface area contributed by atoms with Gasteiger partial charge < -0.3 is 9.84 Å². The Balaban J connectivity index is 2.58. The number of hydrogen-bond acceptors (Lipinski definition) is 5. The lowest BCUT2D eigenvalue weighted by Gasteiger charge is -2.50. The Morgan fingerprint density at radius 2 is 1.94 bits per heavy atom. The number of carbonyl (C=O) groups is 1. The zero-order valence-electron chi connectivity index (χ0n) is 11.5. The fraction of sp³-hybridized carbons (Fsp3) is 0.923. The van der Waals surface area contributed by atoms with Crippen molar-refractivity contribution in [2.24, 2.45) is 5.41 Å². The molecule has 1 rings (SSSR count). The standard InChI is InChI=1S/C13H24O5/c1-4-16-11(14)9-12(3,15)13(7-6-8-13)10-18-17-5-2/h15H,4-10H2,1-3H3. The highest BCUT2D eigenvalue weighted by Crippen LogP contribution is 2.50. The predicted molar refractivity (Wildman–Crippen MR) is 65.7 cm³/mol. The van der Waals surface area contributed by atoms with Crippen LogP contribution in [-0.2, 0) is 19.3 Å². The van der Waals surface area contributed by atoms with Crippen molar-refractivity contribution in [3.8, 4) is 0 Å². The maximum Gasteiger partial charge on any atom is 0.308 e. The molecule has 1 aliphatic carbocycles. The zero-order chi connectivity index (χ0) is 13.6. The molecule has 18 heavy (non-hydrogen) atoms. The quantitative estimate of drug-likeness (QED) is 0.312. The molecular formula is C13H24O5. The van der Waals surface area contributed by atoms with Gasteiger partial charge in [0, 0.05) is 5.41 Å². The highest BCUT2D eigenvalue weighted by Gasteiger charge is 2.52. The number of aliphatic hydroxyl groups is 1. The van der Waals surface area contributed by atoms with Crippen molar-refractivity contribution in [1.82, 2.24) is 0 Å². The minimum absolute atomic E-state index is 0.00365. The molecule has 0 aromatic carbocycles. The van der Waals surface area contributed by atoms with Crippen LogP contribution in [0.4, 0.5) is 0 Å². The molecule has 0 amide bonds. The summed E-state index contributed by atoms with van der Waals surface area (Å²) in [5.41, 5.74) is -1.51. The largest absolute Gasteiger partial charge is 0.466 e. The summed E-state index contributed by atoms with van der Waals surface area (Å²) in [6.07, 6.45) is 2.71. The van der Waals surface area contributed by atoms with Crippen molar-refractivity contribution in [3.63, 3.8) is 0 Å². The van der Waals surface area contributed by atoms with Gasteiger partial charge >= 0.3 is 5.97 Å². The van der Waals surface area contributed by atoms with Gasteiger partial charge in [-0.05, 0) is 33.6 Å². The van der Waals surface area contributed by atoms with Crippen LogP contribution in [0, 0.1) is 5.41 Å². The first-order chi connectivity index (χ1) is 8.47. The molecule has 0 aromatic rings. The molecular weight excluding hydrogens is 236 g/mol. The van der Waals surface area contributed by atoms with Crippen LogP contribution in [0.5, 0.6) is 0 Å². The summed E-state index contributed by atoms with van der Waals surface area (Å²) in [6, 6.07) is 0. The van der Waals surface area contributed by atoms with Gasteiger partial charge in [0.2, 0.25) is 0 Å². The minimum Gasteiger partial charge on any atom is -0.466 e. The lowest BCUT2D eigenvalue weighted by molar-refractivity contribution is -0.327. The van der Waals surface area contributed by atoms with E-state index in [9.17, 15) is 9.90 Å². The zero-order valence-corrected chi connectivity index (χ0v) is 11.5. The van der Waals surface area contributed by atoms with E-state index in [1.807, 2.05) is 6.92 Å². The molecule has 5 nitrogen and oxygen atoms in total. The van der Waals surface area contributed by atoms with Crippen molar-refractivity contribution in [3.05, 3.63) is 0 Å². The molecule has 0 spiro atoms. The average Bonchev–Trinajstić information content (AvgIpc) is 2.20. The summed E-state index contributed by atoms with van der Waals surface area (Å²) >= 11 is 0. The normalized spacial score (nSPS) is 20.9. The lowest BCUT2D eigenvalue weighted by Crippen LogP contribution is -2.54. The molecule has 1 unspecified atom stereocenters. The second kappa shape index (κ2) is 6.50. The number of hydrogen-bond donors (Lipinski definition) is 1. The third kappa shape index (κ3) is 3.43. The first-order valence-electron chi connectivity index (χ1n) is 6.60. The number of ether oxygens (including phenoxy) is 1. The SMILES string of the molecule is CCOOCC1(C(C)(O)CC(=O)OCC)CCC1. The van der Waals surface area contributed by atoms with E-state index in [0.29, 0.717) is 19.8 Å². The Morgan fingerprint density at radius 3 is 2.39 bits per heavy atom. The van der Waals surface area contributed by atoms with Gasteiger partial charge in [-0.3, -0.25) is 4.79 Å². The highest BCUT2D eigenvalue weighted by molar-refractivity contribution is 5.70. The Bertz CT molecular complexity index is 271. The van der Waals surface area contributed by atoms with E-state index in [1.54, 1.807) is 13.8 Å². The molecule has 0 saturated heterocycles.